The summed E-state index contributed by atoms with van der Waals surface area (Å²) in [5.74, 6) is 0. The van der Waals surface area contributed by atoms with Gasteiger partial charge < -0.3 is 15.0 Å². The SMILES string of the molecule is C[C@@H](CN[C@H]1CCCN(C(=O)OC(C)(C)C)CC1)[S@](C)=O. The standard InChI is InChI=1S/C15H30N2O3S/c1-12(21(5)19)11-16-13-7-6-9-17(10-8-13)14(18)20-15(2,3)4/h12-13,16H,6-11H2,1-5H3/t12-,13-,21-/m0/s1. The van der Waals surface area contributed by atoms with Gasteiger partial charge in [-0.15, -0.1) is 0 Å². The topological polar surface area (TPSA) is 58.6 Å². The third-order valence-electron chi connectivity index (χ3n) is 3.64. The maximum atomic E-state index is 12.1. The molecule has 0 saturated carbocycles. The van der Waals surface area contributed by atoms with Crippen molar-refractivity contribution in [3.05, 3.63) is 0 Å². The summed E-state index contributed by atoms with van der Waals surface area (Å²) in [6.07, 6.45) is 4.46. The van der Waals surface area contributed by atoms with Crippen LogP contribution in [0.4, 0.5) is 4.79 Å². The third kappa shape index (κ3) is 7.27. The number of amides is 1. The molecule has 1 heterocycles. The van der Waals surface area contributed by atoms with Crippen LogP contribution in [-0.4, -0.2) is 58.0 Å². The molecule has 0 spiro atoms. The van der Waals surface area contributed by atoms with E-state index in [0.29, 0.717) is 6.04 Å². The van der Waals surface area contributed by atoms with E-state index in [0.717, 1.165) is 38.9 Å². The van der Waals surface area contributed by atoms with Gasteiger partial charge in [-0.2, -0.15) is 0 Å². The van der Waals surface area contributed by atoms with Crippen molar-refractivity contribution in [2.24, 2.45) is 0 Å². The molecule has 1 N–H and O–H groups in total. The molecule has 1 fully saturated rings. The number of ether oxygens (including phenoxy) is 1. The Morgan fingerprint density at radius 1 is 1.38 bits per heavy atom. The van der Waals surface area contributed by atoms with Gasteiger partial charge in [0.25, 0.3) is 0 Å². The molecule has 0 unspecified atom stereocenters. The monoisotopic (exact) mass is 318 g/mol. The third-order valence-corrected chi connectivity index (χ3v) is 4.94. The molecule has 6 heteroatoms. The van der Waals surface area contributed by atoms with E-state index in [1.807, 2.05) is 27.7 Å². The molecule has 0 aromatic carbocycles. The van der Waals surface area contributed by atoms with Crippen LogP contribution in [0.3, 0.4) is 0 Å². The van der Waals surface area contributed by atoms with Crippen LogP contribution < -0.4 is 5.32 Å². The number of nitrogens with zero attached hydrogens (tertiary/aromatic N) is 1. The summed E-state index contributed by atoms with van der Waals surface area (Å²) < 4.78 is 16.8. The summed E-state index contributed by atoms with van der Waals surface area (Å²) in [5, 5.41) is 3.64. The van der Waals surface area contributed by atoms with Crippen molar-refractivity contribution in [3.63, 3.8) is 0 Å². The second kappa shape index (κ2) is 8.13. The first-order valence-electron chi connectivity index (χ1n) is 7.72. The Morgan fingerprint density at radius 3 is 2.62 bits per heavy atom. The van der Waals surface area contributed by atoms with Gasteiger partial charge in [0.05, 0.1) is 0 Å². The predicted octanol–water partition coefficient (Wildman–Crippen LogP) is 2.13. The van der Waals surface area contributed by atoms with Gasteiger partial charge in [-0.25, -0.2) is 4.79 Å². The zero-order valence-electron chi connectivity index (χ0n) is 14.0. The first-order chi connectivity index (χ1) is 9.69. The van der Waals surface area contributed by atoms with Gasteiger partial charge in [-0.1, -0.05) is 0 Å². The van der Waals surface area contributed by atoms with Crippen molar-refractivity contribution >= 4 is 16.9 Å². The molecule has 124 valence electrons. The lowest BCUT2D eigenvalue weighted by Gasteiger charge is -2.26. The summed E-state index contributed by atoms with van der Waals surface area (Å²) in [6, 6.07) is 0.392. The average molecular weight is 318 g/mol. The van der Waals surface area contributed by atoms with Crippen LogP contribution in [-0.2, 0) is 15.5 Å². The van der Waals surface area contributed by atoms with Crippen molar-refractivity contribution in [2.75, 3.05) is 25.9 Å². The smallest absolute Gasteiger partial charge is 0.410 e. The Kier molecular flexibility index (Phi) is 7.13. The molecule has 1 aliphatic rings. The maximum absolute atomic E-state index is 12.1. The van der Waals surface area contributed by atoms with E-state index < -0.39 is 16.4 Å². The second-order valence-corrected chi connectivity index (χ2v) is 8.61. The predicted molar refractivity (Wildman–Crippen MR) is 87.0 cm³/mol. The highest BCUT2D eigenvalue weighted by molar-refractivity contribution is 7.84. The molecule has 0 aromatic rings. The van der Waals surface area contributed by atoms with E-state index >= 15 is 0 Å². The molecule has 1 saturated heterocycles. The first kappa shape index (κ1) is 18.4. The summed E-state index contributed by atoms with van der Waals surface area (Å²) in [5.41, 5.74) is -0.443. The molecule has 5 nitrogen and oxygen atoms in total. The Labute approximate surface area is 131 Å². The number of carbonyl (C=O) groups is 1. The van der Waals surface area contributed by atoms with Crippen LogP contribution in [0.25, 0.3) is 0 Å². The number of likely N-dealkylation sites (tertiary alicyclic amines) is 1. The minimum absolute atomic E-state index is 0.162. The van der Waals surface area contributed by atoms with Crippen LogP contribution in [0, 0.1) is 0 Å². The van der Waals surface area contributed by atoms with E-state index in [1.54, 1.807) is 11.2 Å². The zero-order valence-corrected chi connectivity index (χ0v) is 14.8. The lowest BCUT2D eigenvalue weighted by molar-refractivity contribution is 0.0256. The largest absolute Gasteiger partial charge is 0.444 e. The van der Waals surface area contributed by atoms with Gasteiger partial charge in [0.2, 0.25) is 0 Å². The van der Waals surface area contributed by atoms with Gasteiger partial charge in [-0.05, 0) is 47.0 Å². The molecule has 0 aromatic heterocycles. The molecular weight excluding hydrogens is 288 g/mol. The van der Waals surface area contributed by atoms with E-state index in [4.69, 9.17) is 4.74 Å². The Bertz CT molecular complexity index is 368. The van der Waals surface area contributed by atoms with Crippen LogP contribution >= 0.6 is 0 Å². The Hall–Kier alpha value is -0.620. The first-order valence-corrected chi connectivity index (χ1v) is 9.34. The lowest BCUT2D eigenvalue weighted by Crippen LogP contribution is -2.39. The molecule has 0 aliphatic carbocycles. The van der Waals surface area contributed by atoms with Crippen molar-refractivity contribution in [3.8, 4) is 0 Å². The van der Waals surface area contributed by atoms with Gasteiger partial charge in [0, 0.05) is 48.0 Å². The number of rotatable bonds is 4. The molecular formula is C15H30N2O3S. The minimum atomic E-state index is -0.792. The van der Waals surface area contributed by atoms with E-state index in [9.17, 15) is 9.00 Å². The van der Waals surface area contributed by atoms with E-state index in [2.05, 4.69) is 5.32 Å². The van der Waals surface area contributed by atoms with Gasteiger partial charge in [-0.3, -0.25) is 4.21 Å². The van der Waals surface area contributed by atoms with E-state index in [1.165, 1.54) is 0 Å². The molecule has 1 rings (SSSR count). The summed E-state index contributed by atoms with van der Waals surface area (Å²) >= 11 is 0. The number of hydrogen-bond donors (Lipinski definition) is 1. The lowest BCUT2D eigenvalue weighted by atomic mass is 10.1. The van der Waals surface area contributed by atoms with E-state index in [-0.39, 0.29) is 11.3 Å². The van der Waals surface area contributed by atoms with Crippen LogP contribution in [0.15, 0.2) is 0 Å². The van der Waals surface area contributed by atoms with Gasteiger partial charge in [0.1, 0.15) is 5.60 Å². The van der Waals surface area contributed by atoms with Crippen molar-refractivity contribution in [1.82, 2.24) is 10.2 Å². The molecule has 1 amide bonds. The Balaban J connectivity index is 2.40. The summed E-state index contributed by atoms with van der Waals surface area (Å²) in [6.45, 7) is 9.89. The molecule has 21 heavy (non-hydrogen) atoms. The molecule has 1 aliphatic heterocycles. The quantitative estimate of drug-likeness (QED) is 0.863. The normalized spacial score (nSPS) is 23.3. The van der Waals surface area contributed by atoms with Gasteiger partial charge in [0.15, 0.2) is 0 Å². The number of carbonyl (C=O) groups excluding carboxylic acids is 1. The molecule has 0 radical (unpaired) electrons. The minimum Gasteiger partial charge on any atom is -0.444 e. The van der Waals surface area contributed by atoms with Crippen molar-refractivity contribution in [1.29, 1.82) is 0 Å². The fourth-order valence-electron chi connectivity index (χ4n) is 2.26. The van der Waals surface area contributed by atoms with Crippen LogP contribution in [0.1, 0.15) is 47.0 Å². The highest BCUT2D eigenvalue weighted by atomic mass is 32.2. The van der Waals surface area contributed by atoms with Crippen LogP contribution in [0.5, 0.6) is 0 Å². The van der Waals surface area contributed by atoms with Crippen molar-refractivity contribution in [2.45, 2.75) is 63.9 Å². The fraction of sp³-hybridized carbons (Fsp3) is 0.933. The van der Waals surface area contributed by atoms with Crippen LogP contribution in [0.2, 0.25) is 0 Å². The molecule has 3 atom stereocenters. The summed E-state index contributed by atoms with van der Waals surface area (Å²) in [7, 11) is -0.792. The van der Waals surface area contributed by atoms with Gasteiger partial charge >= 0.3 is 6.09 Å². The highest BCUT2D eigenvalue weighted by Crippen LogP contribution is 2.15. The average Bonchev–Trinajstić information content (AvgIpc) is 2.59. The maximum Gasteiger partial charge on any atom is 0.410 e. The molecule has 0 bridgehead atoms. The number of nitrogens with one attached hydrogen (secondary N) is 1. The number of hydrogen-bond acceptors (Lipinski definition) is 4. The fourth-order valence-corrected chi connectivity index (χ4v) is 2.59. The zero-order chi connectivity index (χ0) is 16.0. The second-order valence-electron chi connectivity index (χ2n) is 6.81. The summed E-state index contributed by atoms with van der Waals surface area (Å²) in [4.78, 5) is 13.9. The van der Waals surface area contributed by atoms with Crippen molar-refractivity contribution < 1.29 is 13.7 Å². The highest BCUT2D eigenvalue weighted by Gasteiger charge is 2.25. The Morgan fingerprint density at radius 2 is 2.05 bits per heavy atom.